The van der Waals surface area contributed by atoms with Gasteiger partial charge < -0.3 is 9.15 Å². The van der Waals surface area contributed by atoms with Crippen LogP contribution in [0.1, 0.15) is 16.1 Å². The van der Waals surface area contributed by atoms with Gasteiger partial charge in [-0.25, -0.2) is 9.18 Å². The number of rotatable bonds is 4. The van der Waals surface area contributed by atoms with Crippen LogP contribution in [0.15, 0.2) is 57.9 Å². The predicted octanol–water partition coefficient (Wildman–Crippen LogP) is 6.58. The van der Waals surface area contributed by atoms with E-state index in [4.69, 9.17) is 44.6 Å². The summed E-state index contributed by atoms with van der Waals surface area (Å²) >= 11 is 18.3. The number of benzene rings is 2. The monoisotopic (exact) mass is 507 g/mol. The molecule has 2 aromatic carbocycles. The Kier molecular flexibility index (Phi) is 6.39. The zero-order chi connectivity index (χ0) is 23.0. The van der Waals surface area contributed by atoms with Crippen molar-refractivity contribution in [3.63, 3.8) is 0 Å². The van der Waals surface area contributed by atoms with Crippen LogP contribution in [0.4, 0.5) is 10.1 Å². The average molecular weight is 508 g/mol. The number of anilines is 1. The molecule has 2 heterocycles. The molecule has 5 nitrogen and oxygen atoms in total. The Hall–Kier alpha value is -2.65. The topological polar surface area (TPSA) is 59.8 Å². The van der Waals surface area contributed by atoms with Crippen molar-refractivity contribution in [2.45, 2.75) is 0 Å². The number of thiocarbonyl (C=S) groups is 1. The molecule has 1 aromatic heterocycles. The van der Waals surface area contributed by atoms with E-state index in [1.54, 1.807) is 36.4 Å². The number of amides is 1. The molecular weight excluding hydrogens is 496 g/mol. The molecule has 32 heavy (non-hydrogen) atoms. The molecule has 3 aromatic rings. The summed E-state index contributed by atoms with van der Waals surface area (Å²) in [6.45, 7) is 0. The fourth-order valence-corrected chi connectivity index (χ4v) is 4.62. The molecule has 1 amide bonds. The van der Waals surface area contributed by atoms with E-state index in [1.165, 1.54) is 30.2 Å². The fourth-order valence-electron chi connectivity index (χ4n) is 2.97. The van der Waals surface area contributed by atoms with E-state index in [-0.39, 0.29) is 25.8 Å². The van der Waals surface area contributed by atoms with Crippen LogP contribution in [0.2, 0.25) is 10.0 Å². The molecule has 10 heteroatoms. The molecule has 0 unspecified atom stereocenters. The van der Waals surface area contributed by atoms with E-state index in [0.29, 0.717) is 27.7 Å². The SMILES string of the molecule is COC(=O)c1cc(-c2ccc(/C=C3/SC(=S)N(c4ccc(F)c(Cl)c4)C3=O)o2)ccc1Cl. The molecule has 4 rings (SSSR count). The van der Waals surface area contributed by atoms with Crippen molar-refractivity contribution in [1.82, 2.24) is 0 Å². The maximum Gasteiger partial charge on any atom is 0.339 e. The Bertz CT molecular complexity index is 1300. The lowest BCUT2D eigenvalue weighted by Gasteiger charge is -2.14. The zero-order valence-corrected chi connectivity index (χ0v) is 19.4. The van der Waals surface area contributed by atoms with Gasteiger partial charge in [0.25, 0.3) is 5.91 Å². The first-order valence-corrected chi connectivity index (χ1v) is 11.0. The van der Waals surface area contributed by atoms with E-state index < -0.39 is 11.8 Å². The molecule has 1 aliphatic rings. The van der Waals surface area contributed by atoms with Crippen molar-refractivity contribution < 1.29 is 23.1 Å². The Morgan fingerprint density at radius 2 is 1.94 bits per heavy atom. The van der Waals surface area contributed by atoms with Crippen molar-refractivity contribution in [2.75, 3.05) is 12.0 Å². The minimum atomic E-state index is -0.586. The van der Waals surface area contributed by atoms with Crippen LogP contribution in [0.3, 0.4) is 0 Å². The van der Waals surface area contributed by atoms with Crippen LogP contribution in [0.5, 0.6) is 0 Å². The Morgan fingerprint density at radius 3 is 2.66 bits per heavy atom. The zero-order valence-electron chi connectivity index (χ0n) is 16.2. The van der Waals surface area contributed by atoms with Gasteiger partial charge >= 0.3 is 5.97 Å². The molecule has 0 radical (unpaired) electrons. The van der Waals surface area contributed by atoms with Crippen LogP contribution in [-0.4, -0.2) is 23.3 Å². The normalized spacial score (nSPS) is 15.0. The molecule has 0 saturated carbocycles. The maximum absolute atomic E-state index is 13.5. The molecule has 1 aliphatic heterocycles. The average Bonchev–Trinajstić information content (AvgIpc) is 3.34. The number of carbonyl (C=O) groups excluding carboxylic acids is 2. The molecule has 0 N–H and O–H groups in total. The van der Waals surface area contributed by atoms with Crippen molar-refractivity contribution in [2.24, 2.45) is 0 Å². The van der Waals surface area contributed by atoms with Crippen LogP contribution >= 0.6 is 47.2 Å². The lowest BCUT2D eigenvalue weighted by atomic mass is 10.1. The standard InChI is InChI=1S/C22H12Cl2FNO4S2/c1-29-21(28)14-8-11(2-5-15(14)23)18-7-4-13(30-18)10-19-20(27)26(22(31)32-19)12-3-6-17(25)16(24)9-12/h2-10H,1H3/b19-10+. The number of furan rings is 1. The number of thioether (sulfide) groups is 1. The highest BCUT2D eigenvalue weighted by atomic mass is 35.5. The number of hydrogen-bond acceptors (Lipinski definition) is 6. The number of ether oxygens (including phenoxy) is 1. The molecule has 0 bridgehead atoms. The summed E-state index contributed by atoms with van der Waals surface area (Å²) in [5.74, 6) is -0.642. The van der Waals surface area contributed by atoms with Crippen LogP contribution in [-0.2, 0) is 9.53 Å². The molecule has 0 spiro atoms. The summed E-state index contributed by atoms with van der Waals surface area (Å²) in [6, 6.07) is 12.2. The summed E-state index contributed by atoms with van der Waals surface area (Å²) in [5.41, 5.74) is 1.20. The Morgan fingerprint density at radius 1 is 1.16 bits per heavy atom. The molecule has 0 atom stereocenters. The first-order chi connectivity index (χ1) is 15.3. The first-order valence-electron chi connectivity index (χ1n) is 8.99. The summed E-state index contributed by atoms with van der Waals surface area (Å²) < 4.78 is 24.3. The number of carbonyl (C=O) groups is 2. The van der Waals surface area contributed by atoms with Crippen LogP contribution in [0, 0.1) is 5.82 Å². The summed E-state index contributed by atoms with van der Waals surface area (Å²) in [5, 5.41) is 0.155. The minimum Gasteiger partial charge on any atom is -0.465 e. The molecule has 0 aliphatic carbocycles. The predicted molar refractivity (Wildman–Crippen MR) is 128 cm³/mol. The third kappa shape index (κ3) is 4.31. The summed E-state index contributed by atoms with van der Waals surface area (Å²) in [7, 11) is 1.27. The van der Waals surface area contributed by atoms with Gasteiger partial charge in [-0.3, -0.25) is 9.69 Å². The van der Waals surface area contributed by atoms with Gasteiger partial charge in [0.05, 0.1) is 33.3 Å². The molecule has 1 saturated heterocycles. The third-order valence-electron chi connectivity index (χ3n) is 4.51. The fraction of sp³-hybridized carbons (Fsp3) is 0.0455. The van der Waals surface area contributed by atoms with Gasteiger partial charge in [-0.15, -0.1) is 0 Å². The first kappa shape index (κ1) is 22.5. The highest BCUT2D eigenvalue weighted by Gasteiger charge is 2.34. The number of nitrogens with zero attached hydrogens (tertiary/aromatic N) is 1. The highest BCUT2D eigenvalue weighted by molar-refractivity contribution is 8.27. The van der Waals surface area contributed by atoms with E-state index in [2.05, 4.69) is 0 Å². The largest absolute Gasteiger partial charge is 0.465 e. The summed E-state index contributed by atoms with van der Waals surface area (Å²) in [6.07, 6.45) is 1.56. The van der Waals surface area contributed by atoms with E-state index in [1.807, 2.05) is 0 Å². The molecule has 162 valence electrons. The van der Waals surface area contributed by atoms with Crippen molar-refractivity contribution in [3.8, 4) is 11.3 Å². The van der Waals surface area contributed by atoms with Gasteiger partial charge in [0.2, 0.25) is 0 Å². The second-order valence-corrected chi connectivity index (χ2v) is 8.99. The van der Waals surface area contributed by atoms with E-state index >= 15 is 0 Å². The highest BCUT2D eigenvalue weighted by Crippen LogP contribution is 2.38. The van der Waals surface area contributed by atoms with Gasteiger partial charge in [0.15, 0.2) is 4.32 Å². The van der Waals surface area contributed by atoms with E-state index in [9.17, 15) is 14.0 Å². The van der Waals surface area contributed by atoms with Gasteiger partial charge in [0, 0.05) is 11.6 Å². The van der Waals surface area contributed by atoms with Crippen molar-refractivity contribution >= 4 is 75.1 Å². The smallest absolute Gasteiger partial charge is 0.339 e. The minimum absolute atomic E-state index is 0.106. The third-order valence-corrected chi connectivity index (χ3v) is 6.43. The second kappa shape index (κ2) is 9.07. The van der Waals surface area contributed by atoms with Gasteiger partial charge in [-0.1, -0.05) is 47.2 Å². The summed E-state index contributed by atoms with van der Waals surface area (Å²) in [4.78, 5) is 26.4. The number of methoxy groups -OCH3 is 1. The molecule has 1 fully saturated rings. The van der Waals surface area contributed by atoms with Gasteiger partial charge in [-0.2, -0.15) is 0 Å². The number of esters is 1. The van der Waals surface area contributed by atoms with Crippen molar-refractivity contribution in [1.29, 1.82) is 0 Å². The lowest BCUT2D eigenvalue weighted by molar-refractivity contribution is -0.113. The maximum atomic E-state index is 13.5. The van der Waals surface area contributed by atoms with Crippen molar-refractivity contribution in [3.05, 3.63) is 80.6 Å². The quantitative estimate of drug-likeness (QED) is 0.225. The van der Waals surface area contributed by atoms with Crippen LogP contribution in [0.25, 0.3) is 17.4 Å². The number of hydrogen-bond donors (Lipinski definition) is 0. The van der Waals surface area contributed by atoms with E-state index in [0.717, 1.165) is 11.8 Å². The Balaban J connectivity index is 1.61. The number of halogens is 3. The lowest BCUT2D eigenvalue weighted by Crippen LogP contribution is -2.27. The van der Waals surface area contributed by atoms with Gasteiger partial charge in [0.1, 0.15) is 17.3 Å². The van der Waals surface area contributed by atoms with Crippen LogP contribution < -0.4 is 4.90 Å². The molecular formula is C22H12Cl2FNO4S2. The second-order valence-electron chi connectivity index (χ2n) is 6.50. The Labute approximate surface area is 201 Å². The van der Waals surface area contributed by atoms with Gasteiger partial charge in [-0.05, 0) is 48.5 Å².